The normalized spacial score (nSPS) is 12.6. The summed E-state index contributed by atoms with van der Waals surface area (Å²) < 4.78 is 0. The molecule has 0 unspecified atom stereocenters. The molecular formula is C29H38N4O5. The number of nitrogens with one attached hydrogen (secondary N) is 4. The van der Waals surface area contributed by atoms with Crippen molar-refractivity contribution in [3.63, 3.8) is 0 Å². The van der Waals surface area contributed by atoms with Gasteiger partial charge in [-0.15, -0.1) is 0 Å². The number of para-hydroxylation sites is 1. The molecule has 0 spiro atoms. The molecule has 0 aliphatic heterocycles. The van der Waals surface area contributed by atoms with Gasteiger partial charge in [0.15, 0.2) is 0 Å². The molecule has 2 aromatic rings. The molecule has 0 aliphatic rings. The van der Waals surface area contributed by atoms with E-state index in [0.29, 0.717) is 12.1 Å². The molecule has 2 atom stereocenters. The maximum atomic E-state index is 12.7. The number of hydrogen-bond donors (Lipinski definition) is 5. The quantitative estimate of drug-likeness (QED) is 0.244. The van der Waals surface area contributed by atoms with Crippen LogP contribution >= 0.6 is 0 Å². The van der Waals surface area contributed by atoms with E-state index >= 15 is 0 Å². The van der Waals surface area contributed by atoms with Crippen LogP contribution in [0, 0.1) is 12.8 Å². The van der Waals surface area contributed by atoms with Gasteiger partial charge in [0.2, 0.25) is 11.8 Å². The molecule has 0 aliphatic carbocycles. The molecule has 4 amide bonds. The first-order chi connectivity index (χ1) is 18.0. The van der Waals surface area contributed by atoms with Gasteiger partial charge in [-0.05, 0) is 55.5 Å². The third-order valence-corrected chi connectivity index (χ3v) is 5.69. The van der Waals surface area contributed by atoms with Gasteiger partial charge in [-0.2, -0.15) is 0 Å². The maximum Gasteiger partial charge on any atom is 0.323 e. The topological polar surface area (TPSA) is 137 Å². The van der Waals surface area contributed by atoms with Gasteiger partial charge in [0.05, 0.1) is 18.9 Å². The van der Waals surface area contributed by atoms with Gasteiger partial charge < -0.3 is 26.4 Å². The van der Waals surface area contributed by atoms with Crippen molar-refractivity contribution in [1.82, 2.24) is 10.6 Å². The number of allylic oxidation sites excluding steroid dienone is 1. The number of aryl methyl sites for hydroxylation is 1. The minimum Gasteiger partial charge on any atom is -0.481 e. The molecule has 0 bridgehead atoms. The number of anilines is 2. The van der Waals surface area contributed by atoms with E-state index in [1.807, 2.05) is 45.0 Å². The Morgan fingerprint density at radius 3 is 2.18 bits per heavy atom. The van der Waals surface area contributed by atoms with Crippen molar-refractivity contribution in [1.29, 1.82) is 0 Å². The van der Waals surface area contributed by atoms with E-state index in [-0.39, 0.29) is 49.1 Å². The highest BCUT2D eigenvalue weighted by Gasteiger charge is 2.20. The molecule has 0 aromatic heterocycles. The molecule has 204 valence electrons. The molecule has 2 rings (SSSR count). The first-order valence-corrected chi connectivity index (χ1v) is 12.7. The largest absolute Gasteiger partial charge is 0.481 e. The number of carbonyl (C=O) groups is 4. The van der Waals surface area contributed by atoms with Crippen LogP contribution in [-0.4, -0.2) is 41.0 Å². The van der Waals surface area contributed by atoms with Crippen LogP contribution in [0.25, 0.3) is 0 Å². The van der Waals surface area contributed by atoms with E-state index in [1.165, 1.54) is 0 Å². The highest BCUT2D eigenvalue weighted by molar-refractivity contribution is 6.00. The van der Waals surface area contributed by atoms with Gasteiger partial charge in [-0.1, -0.05) is 56.3 Å². The average molecular weight is 523 g/mol. The Labute approximate surface area is 224 Å². The lowest BCUT2D eigenvalue weighted by molar-refractivity contribution is -0.137. The lowest BCUT2D eigenvalue weighted by Gasteiger charge is -2.22. The van der Waals surface area contributed by atoms with E-state index in [2.05, 4.69) is 21.3 Å². The number of urea groups is 1. The zero-order chi connectivity index (χ0) is 28.1. The average Bonchev–Trinajstić information content (AvgIpc) is 2.81. The SMILES string of the molecule is C/C=C/[C@@H](CC(=O)O)NC(=O)C[C@@H](CC(C)C)NC(=O)Cc1ccc(NC(=O)Nc2ccccc2C)cc1. The van der Waals surface area contributed by atoms with E-state index in [9.17, 15) is 19.2 Å². The molecule has 0 fully saturated rings. The number of hydrogen-bond acceptors (Lipinski definition) is 4. The van der Waals surface area contributed by atoms with Crippen molar-refractivity contribution in [2.75, 3.05) is 10.6 Å². The fourth-order valence-corrected chi connectivity index (χ4v) is 4.01. The first-order valence-electron chi connectivity index (χ1n) is 12.7. The summed E-state index contributed by atoms with van der Waals surface area (Å²) in [6, 6.07) is 13.1. The van der Waals surface area contributed by atoms with Crippen LogP contribution in [-0.2, 0) is 20.8 Å². The third-order valence-electron chi connectivity index (χ3n) is 5.69. The molecular weight excluding hydrogens is 484 g/mol. The predicted molar refractivity (Wildman–Crippen MR) is 149 cm³/mol. The van der Waals surface area contributed by atoms with E-state index in [0.717, 1.165) is 16.8 Å². The number of aliphatic carboxylic acids is 1. The number of carbonyl (C=O) groups excluding carboxylic acids is 3. The number of carboxylic acids is 1. The zero-order valence-corrected chi connectivity index (χ0v) is 22.4. The maximum absolute atomic E-state index is 12.7. The van der Waals surface area contributed by atoms with Crippen LogP contribution in [0.5, 0.6) is 0 Å². The fraction of sp³-hybridized carbons (Fsp3) is 0.379. The highest BCUT2D eigenvalue weighted by Crippen LogP contribution is 2.15. The Kier molecular flexibility index (Phi) is 12.0. The number of benzene rings is 2. The molecule has 0 saturated heterocycles. The van der Waals surface area contributed by atoms with Gasteiger partial charge in [-0.25, -0.2) is 4.79 Å². The molecule has 2 aromatic carbocycles. The van der Waals surface area contributed by atoms with Crippen molar-refractivity contribution < 1.29 is 24.3 Å². The number of amides is 4. The van der Waals surface area contributed by atoms with E-state index < -0.39 is 12.0 Å². The summed E-state index contributed by atoms with van der Waals surface area (Å²) >= 11 is 0. The fourth-order valence-electron chi connectivity index (χ4n) is 4.01. The summed E-state index contributed by atoms with van der Waals surface area (Å²) in [7, 11) is 0. The minimum atomic E-state index is -1.01. The van der Waals surface area contributed by atoms with Gasteiger partial charge in [0.25, 0.3) is 0 Å². The lowest BCUT2D eigenvalue weighted by Crippen LogP contribution is -2.43. The van der Waals surface area contributed by atoms with Gasteiger partial charge in [-0.3, -0.25) is 14.4 Å². The Hall–Kier alpha value is -4.14. The summed E-state index contributed by atoms with van der Waals surface area (Å²) in [5.74, 6) is -1.31. The zero-order valence-electron chi connectivity index (χ0n) is 22.4. The Bertz CT molecular complexity index is 1130. The first kappa shape index (κ1) is 30.1. The van der Waals surface area contributed by atoms with Crippen molar-refractivity contribution in [2.45, 2.75) is 65.5 Å². The highest BCUT2D eigenvalue weighted by atomic mass is 16.4. The standard InChI is InChI=1S/C29H38N4O5/c1-5-8-23(18-28(36)37)30-27(35)17-24(15-19(2)3)31-26(34)16-21-11-13-22(14-12-21)32-29(38)33-25-10-7-6-9-20(25)4/h5-14,19,23-24H,15-18H2,1-4H3,(H,30,35)(H,31,34)(H,36,37)(H2,32,33,38)/b8-5+/t23-,24+/m0/s1. The lowest BCUT2D eigenvalue weighted by atomic mass is 10.00. The van der Waals surface area contributed by atoms with Gasteiger partial charge in [0, 0.05) is 23.8 Å². The predicted octanol–water partition coefficient (Wildman–Crippen LogP) is 4.64. The van der Waals surface area contributed by atoms with Gasteiger partial charge >= 0.3 is 12.0 Å². The minimum absolute atomic E-state index is 0.0520. The van der Waals surface area contributed by atoms with Crippen molar-refractivity contribution in [2.24, 2.45) is 5.92 Å². The summed E-state index contributed by atoms with van der Waals surface area (Å²) in [4.78, 5) is 48.7. The molecule has 5 N–H and O–H groups in total. The van der Waals surface area contributed by atoms with Crippen molar-refractivity contribution >= 4 is 35.2 Å². The van der Waals surface area contributed by atoms with Crippen LogP contribution in [0.4, 0.5) is 16.2 Å². The second-order valence-corrected chi connectivity index (χ2v) is 9.66. The van der Waals surface area contributed by atoms with Crippen molar-refractivity contribution in [3.8, 4) is 0 Å². The second-order valence-electron chi connectivity index (χ2n) is 9.66. The number of rotatable bonds is 13. The molecule has 0 radical (unpaired) electrons. The molecule has 9 nitrogen and oxygen atoms in total. The van der Waals surface area contributed by atoms with Crippen LogP contribution in [0.2, 0.25) is 0 Å². The Morgan fingerprint density at radius 2 is 1.58 bits per heavy atom. The van der Waals surface area contributed by atoms with Crippen LogP contribution in [0.15, 0.2) is 60.7 Å². The molecule has 38 heavy (non-hydrogen) atoms. The summed E-state index contributed by atoms with van der Waals surface area (Å²) in [6.45, 7) is 7.68. The van der Waals surface area contributed by atoms with Crippen LogP contribution in [0.3, 0.4) is 0 Å². The van der Waals surface area contributed by atoms with Crippen LogP contribution < -0.4 is 21.3 Å². The summed E-state index contributed by atoms with van der Waals surface area (Å²) in [5, 5.41) is 20.3. The third kappa shape index (κ3) is 11.3. The summed E-state index contributed by atoms with van der Waals surface area (Å²) in [5.41, 5.74) is 3.03. The molecule has 9 heteroatoms. The van der Waals surface area contributed by atoms with E-state index in [4.69, 9.17) is 5.11 Å². The van der Waals surface area contributed by atoms with E-state index in [1.54, 1.807) is 43.3 Å². The molecule has 0 heterocycles. The number of carboxylic acid groups (broad SMARTS) is 1. The molecule has 0 saturated carbocycles. The van der Waals surface area contributed by atoms with Crippen molar-refractivity contribution in [3.05, 3.63) is 71.8 Å². The monoisotopic (exact) mass is 522 g/mol. The Balaban J connectivity index is 1.91. The Morgan fingerprint density at radius 1 is 0.895 bits per heavy atom. The second kappa shape index (κ2) is 15.2. The smallest absolute Gasteiger partial charge is 0.323 e. The summed E-state index contributed by atoms with van der Waals surface area (Å²) in [6.07, 6.45) is 3.88. The van der Waals surface area contributed by atoms with Gasteiger partial charge in [0.1, 0.15) is 0 Å². The van der Waals surface area contributed by atoms with Crippen LogP contribution in [0.1, 0.15) is 51.2 Å².